The van der Waals surface area contributed by atoms with Gasteiger partial charge in [-0.25, -0.2) is 0 Å². The number of nitrogens with zero attached hydrogens (tertiary/aromatic N) is 2. The van der Waals surface area contributed by atoms with E-state index in [4.69, 9.17) is 0 Å². The Bertz CT molecular complexity index is 413. The first-order chi connectivity index (χ1) is 8.77. The smallest absolute Gasteiger partial charge is 0.257 e. The molecule has 4 nitrogen and oxygen atoms in total. The molecule has 1 N–H and O–H groups in total. The molecule has 1 heterocycles. The minimum atomic E-state index is 0.0989. The van der Waals surface area contributed by atoms with E-state index in [0.29, 0.717) is 11.6 Å². The van der Waals surface area contributed by atoms with Gasteiger partial charge < -0.3 is 10.2 Å². The summed E-state index contributed by atoms with van der Waals surface area (Å²) in [5.41, 5.74) is 1.53. The molecular weight excluding hydrogens is 226 g/mol. The van der Waals surface area contributed by atoms with Crippen molar-refractivity contribution in [1.82, 2.24) is 9.88 Å². The van der Waals surface area contributed by atoms with E-state index in [-0.39, 0.29) is 5.91 Å². The molecule has 0 spiro atoms. The second-order valence-corrected chi connectivity index (χ2v) is 4.70. The predicted molar refractivity (Wildman–Crippen MR) is 72.8 cm³/mol. The van der Waals surface area contributed by atoms with Gasteiger partial charge >= 0.3 is 0 Å². The van der Waals surface area contributed by atoms with Gasteiger partial charge in [0.1, 0.15) is 0 Å². The number of pyridine rings is 1. The molecule has 1 aromatic rings. The van der Waals surface area contributed by atoms with Crippen molar-refractivity contribution in [2.75, 3.05) is 18.9 Å². The van der Waals surface area contributed by atoms with Gasteiger partial charge in [-0.2, -0.15) is 0 Å². The highest BCUT2D eigenvalue weighted by atomic mass is 16.2. The summed E-state index contributed by atoms with van der Waals surface area (Å²) in [6, 6.07) is 2.25. The number of hydrogen-bond donors (Lipinski definition) is 1. The predicted octanol–water partition coefficient (Wildman–Crippen LogP) is 2.53. The van der Waals surface area contributed by atoms with E-state index < -0.39 is 0 Å². The van der Waals surface area contributed by atoms with Crippen molar-refractivity contribution in [2.24, 2.45) is 0 Å². The number of nitrogens with one attached hydrogen (secondary N) is 1. The van der Waals surface area contributed by atoms with Crippen LogP contribution in [0.5, 0.6) is 0 Å². The van der Waals surface area contributed by atoms with Crippen LogP contribution < -0.4 is 5.32 Å². The van der Waals surface area contributed by atoms with Crippen LogP contribution in [0.2, 0.25) is 0 Å². The third-order valence-electron chi connectivity index (χ3n) is 3.69. The van der Waals surface area contributed by atoms with Gasteiger partial charge in [-0.1, -0.05) is 12.8 Å². The molecule has 1 saturated carbocycles. The monoisotopic (exact) mass is 247 g/mol. The summed E-state index contributed by atoms with van der Waals surface area (Å²) in [7, 11) is 1.83. The first-order valence-corrected chi connectivity index (χ1v) is 6.70. The van der Waals surface area contributed by atoms with Crippen LogP contribution in [0.1, 0.15) is 43.0 Å². The molecule has 0 saturated heterocycles. The van der Waals surface area contributed by atoms with Crippen LogP contribution in [-0.2, 0) is 0 Å². The molecule has 1 aliphatic carbocycles. The fourth-order valence-electron chi connectivity index (χ4n) is 2.72. The van der Waals surface area contributed by atoms with Crippen molar-refractivity contribution in [2.45, 2.75) is 38.6 Å². The lowest BCUT2D eigenvalue weighted by atomic mass is 10.1. The number of rotatable bonds is 4. The third-order valence-corrected chi connectivity index (χ3v) is 3.69. The van der Waals surface area contributed by atoms with Crippen LogP contribution in [0.15, 0.2) is 18.5 Å². The highest BCUT2D eigenvalue weighted by Gasteiger charge is 2.27. The van der Waals surface area contributed by atoms with Crippen LogP contribution >= 0.6 is 0 Å². The standard InChI is InChI=1S/C14H21N3O/c1-3-17(11-6-4-5-7-11)14(18)12-10-16-9-8-13(12)15-2/h8-11H,3-7H2,1-2H3,(H,15,16). The molecule has 0 bridgehead atoms. The Balaban J connectivity index is 2.22. The van der Waals surface area contributed by atoms with Gasteiger partial charge in [0.25, 0.3) is 5.91 Å². The van der Waals surface area contributed by atoms with E-state index in [0.717, 1.165) is 25.1 Å². The molecule has 0 radical (unpaired) electrons. The summed E-state index contributed by atoms with van der Waals surface area (Å²) in [4.78, 5) is 18.6. The Morgan fingerprint density at radius 1 is 1.50 bits per heavy atom. The number of amides is 1. The first-order valence-electron chi connectivity index (χ1n) is 6.70. The topological polar surface area (TPSA) is 45.2 Å². The number of hydrogen-bond acceptors (Lipinski definition) is 3. The molecular formula is C14H21N3O. The van der Waals surface area contributed by atoms with Gasteiger partial charge in [0.2, 0.25) is 0 Å². The first kappa shape index (κ1) is 12.9. The fraction of sp³-hybridized carbons (Fsp3) is 0.571. The zero-order chi connectivity index (χ0) is 13.0. The molecule has 4 heteroatoms. The average molecular weight is 247 g/mol. The lowest BCUT2D eigenvalue weighted by Crippen LogP contribution is -2.38. The summed E-state index contributed by atoms with van der Waals surface area (Å²) in [5.74, 6) is 0.0989. The molecule has 0 atom stereocenters. The summed E-state index contributed by atoms with van der Waals surface area (Å²) < 4.78 is 0. The Morgan fingerprint density at radius 3 is 2.83 bits per heavy atom. The molecule has 98 valence electrons. The SMILES string of the molecule is CCN(C(=O)c1cnccc1NC)C1CCCC1. The van der Waals surface area contributed by atoms with Gasteiger partial charge in [-0.15, -0.1) is 0 Å². The van der Waals surface area contributed by atoms with Gasteiger partial charge in [0.05, 0.1) is 5.56 Å². The molecule has 18 heavy (non-hydrogen) atoms. The van der Waals surface area contributed by atoms with E-state index in [9.17, 15) is 4.79 Å². The van der Waals surface area contributed by atoms with Crippen molar-refractivity contribution < 1.29 is 4.79 Å². The Kier molecular flexibility index (Phi) is 4.18. The molecule has 1 aromatic heterocycles. The van der Waals surface area contributed by atoms with Crippen LogP contribution in [0, 0.1) is 0 Å². The number of carbonyl (C=O) groups excluding carboxylic acids is 1. The summed E-state index contributed by atoms with van der Waals surface area (Å²) >= 11 is 0. The molecule has 0 unspecified atom stereocenters. The molecule has 1 amide bonds. The maximum Gasteiger partial charge on any atom is 0.257 e. The van der Waals surface area contributed by atoms with E-state index in [1.165, 1.54) is 12.8 Å². The normalized spacial score (nSPS) is 15.7. The summed E-state index contributed by atoms with van der Waals surface area (Å²) in [6.45, 7) is 2.81. The Morgan fingerprint density at radius 2 is 2.22 bits per heavy atom. The van der Waals surface area contributed by atoms with Crippen LogP contribution in [0.25, 0.3) is 0 Å². The zero-order valence-electron chi connectivity index (χ0n) is 11.1. The molecule has 0 aromatic carbocycles. The summed E-state index contributed by atoms with van der Waals surface area (Å²) in [6.07, 6.45) is 8.10. The highest BCUT2D eigenvalue weighted by Crippen LogP contribution is 2.26. The maximum absolute atomic E-state index is 12.6. The van der Waals surface area contributed by atoms with Crippen molar-refractivity contribution in [3.05, 3.63) is 24.0 Å². The third kappa shape index (κ3) is 2.47. The second kappa shape index (κ2) is 5.85. The van der Waals surface area contributed by atoms with Crippen LogP contribution in [0.4, 0.5) is 5.69 Å². The van der Waals surface area contributed by atoms with Gasteiger partial charge in [0.15, 0.2) is 0 Å². The quantitative estimate of drug-likeness (QED) is 0.889. The molecule has 2 rings (SSSR count). The number of carbonyl (C=O) groups is 1. The van der Waals surface area contributed by atoms with Crippen LogP contribution in [-0.4, -0.2) is 35.4 Å². The van der Waals surface area contributed by atoms with E-state index in [1.807, 2.05) is 24.9 Å². The molecule has 1 aliphatic rings. The lowest BCUT2D eigenvalue weighted by molar-refractivity contribution is 0.0694. The lowest BCUT2D eigenvalue weighted by Gasteiger charge is -2.28. The van der Waals surface area contributed by atoms with Crippen molar-refractivity contribution in [3.8, 4) is 0 Å². The van der Waals surface area contributed by atoms with Crippen LogP contribution in [0.3, 0.4) is 0 Å². The minimum absolute atomic E-state index is 0.0989. The van der Waals surface area contributed by atoms with E-state index in [1.54, 1.807) is 12.4 Å². The number of anilines is 1. The van der Waals surface area contributed by atoms with Gasteiger partial charge in [0, 0.05) is 37.7 Å². The van der Waals surface area contributed by atoms with Crippen molar-refractivity contribution >= 4 is 11.6 Å². The Hall–Kier alpha value is -1.58. The van der Waals surface area contributed by atoms with E-state index >= 15 is 0 Å². The largest absolute Gasteiger partial charge is 0.387 e. The average Bonchev–Trinajstić information content (AvgIpc) is 2.93. The van der Waals surface area contributed by atoms with Crippen molar-refractivity contribution in [3.63, 3.8) is 0 Å². The summed E-state index contributed by atoms with van der Waals surface area (Å²) in [5, 5.41) is 3.06. The van der Waals surface area contributed by atoms with Crippen molar-refractivity contribution in [1.29, 1.82) is 0 Å². The van der Waals surface area contributed by atoms with Gasteiger partial charge in [-0.3, -0.25) is 9.78 Å². The fourth-order valence-corrected chi connectivity index (χ4v) is 2.72. The Labute approximate surface area is 108 Å². The molecule has 1 fully saturated rings. The number of aromatic nitrogens is 1. The minimum Gasteiger partial charge on any atom is -0.387 e. The van der Waals surface area contributed by atoms with E-state index in [2.05, 4.69) is 10.3 Å². The zero-order valence-corrected chi connectivity index (χ0v) is 11.1. The highest BCUT2D eigenvalue weighted by molar-refractivity contribution is 5.99. The molecule has 0 aliphatic heterocycles. The second-order valence-electron chi connectivity index (χ2n) is 4.70. The maximum atomic E-state index is 12.6. The van der Waals surface area contributed by atoms with Gasteiger partial charge in [-0.05, 0) is 25.8 Å².